The molecular formula is C15H22N2O2. The van der Waals surface area contributed by atoms with Crippen molar-refractivity contribution in [2.45, 2.75) is 32.4 Å². The normalized spacial score (nSPS) is 17.8. The second-order valence-corrected chi connectivity index (χ2v) is 5.52. The molecule has 2 unspecified atom stereocenters. The fourth-order valence-corrected chi connectivity index (χ4v) is 2.74. The van der Waals surface area contributed by atoms with Crippen LogP contribution < -0.4 is 10.2 Å². The minimum Gasteiger partial charge on any atom is -0.387 e. The Kier molecular flexibility index (Phi) is 3.92. The first kappa shape index (κ1) is 14.0. The van der Waals surface area contributed by atoms with Gasteiger partial charge in [0.2, 0.25) is 5.91 Å². The molecule has 1 aromatic rings. The standard InChI is InChI=1S/C15H22N2O2/c1-9(2)14(16-3)15(19)10-5-6-12-11(7-10)8-13(18)17(12)4/h5-7,9,14-16,19H,8H2,1-4H3. The second-order valence-electron chi connectivity index (χ2n) is 5.52. The summed E-state index contributed by atoms with van der Waals surface area (Å²) in [6.45, 7) is 4.16. The van der Waals surface area contributed by atoms with Crippen LogP contribution >= 0.6 is 0 Å². The third-order valence-electron chi connectivity index (χ3n) is 3.91. The molecule has 1 amide bonds. The number of carbonyl (C=O) groups excluding carboxylic acids is 1. The van der Waals surface area contributed by atoms with E-state index in [0.717, 1.165) is 16.8 Å². The first-order chi connectivity index (χ1) is 8.95. The number of hydrogen-bond donors (Lipinski definition) is 2. The largest absolute Gasteiger partial charge is 0.387 e. The Bertz CT molecular complexity index is 485. The topological polar surface area (TPSA) is 52.6 Å². The number of rotatable bonds is 4. The van der Waals surface area contributed by atoms with Crippen molar-refractivity contribution < 1.29 is 9.90 Å². The van der Waals surface area contributed by atoms with Gasteiger partial charge in [-0.05, 0) is 30.2 Å². The van der Waals surface area contributed by atoms with Gasteiger partial charge in [0.15, 0.2) is 0 Å². The number of likely N-dealkylation sites (N-methyl/N-ethyl adjacent to an activating group) is 2. The Labute approximate surface area is 114 Å². The maximum atomic E-state index is 11.7. The summed E-state index contributed by atoms with van der Waals surface area (Å²) in [4.78, 5) is 13.3. The van der Waals surface area contributed by atoms with Gasteiger partial charge in [-0.15, -0.1) is 0 Å². The van der Waals surface area contributed by atoms with Crippen LogP contribution in [0.5, 0.6) is 0 Å². The fourth-order valence-electron chi connectivity index (χ4n) is 2.74. The number of nitrogens with zero attached hydrogens (tertiary/aromatic N) is 1. The molecular weight excluding hydrogens is 240 g/mol. The van der Waals surface area contributed by atoms with E-state index in [4.69, 9.17) is 0 Å². The van der Waals surface area contributed by atoms with Crippen molar-refractivity contribution in [3.05, 3.63) is 29.3 Å². The molecule has 0 saturated carbocycles. The molecule has 2 N–H and O–H groups in total. The van der Waals surface area contributed by atoms with Crippen LogP contribution in [0, 0.1) is 5.92 Å². The van der Waals surface area contributed by atoms with Crippen LogP contribution in [0.2, 0.25) is 0 Å². The van der Waals surface area contributed by atoms with Crippen molar-refractivity contribution in [3.8, 4) is 0 Å². The predicted octanol–water partition coefficient (Wildman–Crippen LogP) is 1.48. The minimum atomic E-state index is -0.559. The summed E-state index contributed by atoms with van der Waals surface area (Å²) in [5.74, 6) is 0.438. The highest BCUT2D eigenvalue weighted by molar-refractivity contribution is 6.00. The Morgan fingerprint density at radius 1 is 1.37 bits per heavy atom. The van der Waals surface area contributed by atoms with E-state index in [1.807, 2.05) is 25.2 Å². The van der Waals surface area contributed by atoms with Crippen molar-refractivity contribution in [1.29, 1.82) is 0 Å². The van der Waals surface area contributed by atoms with Gasteiger partial charge in [0.1, 0.15) is 0 Å². The first-order valence-electron chi connectivity index (χ1n) is 6.70. The summed E-state index contributed by atoms with van der Waals surface area (Å²) < 4.78 is 0. The highest BCUT2D eigenvalue weighted by Crippen LogP contribution is 2.31. The molecule has 19 heavy (non-hydrogen) atoms. The van der Waals surface area contributed by atoms with Crippen molar-refractivity contribution >= 4 is 11.6 Å². The minimum absolute atomic E-state index is 0.00730. The zero-order valence-corrected chi connectivity index (χ0v) is 12.0. The van der Waals surface area contributed by atoms with Gasteiger partial charge in [-0.1, -0.05) is 26.0 Å². The number of aliphatic hydroxyl groups is 1. The maximum absolute atomic E-state index is 11.7. The molecule has 0 radical (unpaired) electrons. The van der Waals surface area contributed by atoms with E-state index >= 15 is 0 Å². The molecule has 1 aromatic carbocycles. The molecule has 1 aliphatic heterocycles. The Balaban J connectivity index is 2.28. The van der Waals surface area contributed by atoms with Gasteiger partial charge in [-0.25, -0.2) is 0 Å². The summed E-state index contributed by atoms with van der Waals surface area (Å²) in [6, 6.07) is 5.79. The van der Waals surface area contributed by atoms with Crippen LogP contribution in [-0.4, -0.2) is 31.2 Å². The maximum Gasteiger partial charge on any atom is 0.231 e. The molecule has 4 heteroatoms. The molecule has 0 spiro atoms. The molecule has 2 atom stereocenters. The van der Waals surface area contributed by atoms with E-state index in [2.05, 4.69) is 19.2 Å². The van der Waals surface area contributed by atoms with E-state index < -0.39 is 6.10 Å². The number of carbonyl (C=O) groups is 1. The van der Waals surface area contributed by atoms with E-state index in [0.29, 0.717) is 12.3 Å². The van der Waals surface area contributed by atoms with Gasteiger partial charge in [0.25, 0.3) is 0 Å². The van der Waals surface area contributed by atoms with E-state index in [1.54, 1.807) is 11.9 Å². The van der Waals surface area contributed by atoms with Crippen LogP contribution in [0.4, 0.5) is 5.69 Å². The molecule has 0 bridgehead atoms. The van der Waals surface area contributed by atoms with Gasteiger partial charge in [0.05, 0.1) is 12.5 Å². The number of hydrogen-bond acceptors (Lipinski definition) is 3. The lowest BCUT2D eigenvalue weighted by Crippen LogP contribution is -2.36. The SMILES string of the molecule is CNC(C(C)C)C(O)c1ccc2c(c1)CC(=O)N2C. The predicted molar refractivity (Wildman–Crippen MR) is 76.2 cm³/mol. The van der Waals surface area contributed by atoms with Crippen LogP contribution in [-0.2, 0) is 11.2 Å². The first-order valence-corrected chi connectivity index (χ1v) is 6.70. The molecule has 1 aliphatic rings. The molecule has 2 rings (SSSR count). The van der Waals surface area contributed by atoms with Crippen LogP contribution in [0.1, 0.15) is 31.1 Å². The monoisotopic (exact) mass is 262 g/mol. The van der Waals surface area contributed by atoms with E-state index in [9.17, 15) is 9.90 Å². The second kappa shape index (κ2) is 5.31. The summed E-state index contributed by atoms with van der Waals surface area (Å²) in [5, 5.41) is 13.6. The Morgan fingerprint density at radius 2 is 2.05 bits per heavy atom. The van der Waals surface area contributed by atoms with Crippen molar-refractivity contribution in [1.82, 2.24) is 5.32 Å². The number of anilines is 1. The lowest BCUT2D eigenvalue weighted by atomic mass is 9.92. The van der Waals surface area contributed by atoms with Crippen molar-refractivity contribution in [2.24, 2.45) is 5.92 Å². The summed E-state index contributed by atoms with van der Waals surface area (Å²) in [6.07, 6.45) is -0.130. The Morgan fingerprint density at radius 3 is 2.63 bits per heavy atom. The average molecular weight is 262 g/mol. The molecule has 4 nitrogen and oxygen atoms in total. The molecule has 104 valence electrons. The van der Waals surface area contributed by atoms with E-state index in [1.165, 1.54) is 0 Å². The number of nitrogens with one attached hydrogen (secondary N) is 1. The fraction of sp³-hybridized carbons (Fsp3) is 0.533. The summed E-state index contributed by atoms with van der Waals surface area (Å²) in [5.41, 5.74) is 2.82. The Hall–Kier alpha value is -1.39. The molecule has 0 aliphatic carbocycles. The molecule has 0 saturated heterocycles. The molecule has 1 heterocycles. The molecule has 0 fully saturated rings. The van der Waals surface area contributed by atoms with Crippen molar-refractivity contribution in [2.75, 3.05) is 19.0 Å². The lowest BCUT2D eigenvalue weighted by Gasteiger charge is -2.26. The van der Waals surface area contributed by atoms with Gasteiger partial charge in [-0.3, -0.25) is 4.79 Å². The number of aliphatic hydroxyl groups excluding tert-OH is 1. The highest BCUT2D eigenvalue weighted by Gasteiger charge is 2.27. The van der Waals surface area contributed by atoms with Gasteiger partial charge in [0, 0.05) is 18.8 Å². The third-order valence-corrected chi connectivity index (χ3v) is 3.91. The summed E-state index contributed by atoms with van der Waals surface area (Å²) in [7, 11) is 3.65. The van der Waals surface area contributed by atoms with Gasteiger partial charge >= 0.3 is 0 Å². The van der Waals surface area contributed by atoms with Crippen LogP contribution in [0.3, 0.4) is 0 Å². The number of amides is 1. The van der Waals surface area contributed by atoms with Crippen molar-refractivity contribution in [3.63, 3.8) is 0 Å². The van der Waals surface area contributed by atoms with Gasteiger partial charge in [-0.2, -0.15) is 0 Å². The van der Waals surface area contributed by atoms with Crippen LogP contribution in [0.25, 0.3) is 0 Å². The number of benzene rings is 1. The van der Waals surface area contributed by atoms with Crippen LogP contribution in [0.15, 0.2) is 18.2 Å². The highest BCUT2D eigenvalue weighted by atomic mass is 16.3. The molecule has 0 aromatic heterocycles. The smallest absolute Gasteiger partial charge is 0.231 e. The zero-order valence-electron chi connectivity index (χ0n) is 12.0. The zero-order chi connectivity index (χ0) is 14.2. The quantitative estimate of drug-likeness (QED) is 0.864. The van der Waals surface area contributed by atoms with Gasteiger partial charge < -0.3 is 15.3 Å². The third kappa shape index (κ3) is 2.51. The lowest BCUT2D eigenvalue weighted by molar-refractivity contribution is -0.117. The van der Waals surface area contributed by atoms with E-state index in [-0.39, 0.29) is 11.9 Å². The summed E-state index contributed by atoms with van der Waals surface area (Å²) >= 11 is 0. The average Bonchev–Trinajstić information content (AvgIpc) is 2.65. The number of fused-ring (bicyclic) bond motifs is 1.